The average Bonchev–Trinajstić information content (AvgIpc) is 3.22. The van der Waals surface area contributed by atoms with Crippen LogP contribution in [0.3, 0.4) is 0 Å². The molecule has 6 heteroatoms. The van der Waals surface area contributed by atoms with Crippen LogP contribution in [0, 0.1) is 12.7 Å². The van der Waals surface area contributed by atoms with E-state index in [0.29, 0.717) is 11.3 Å². The van der Waals surface area contributed by atoms with Gasteiger partial charge in [-0.05, 0) is 62.4 Å². The van der Waals surface area contributed by atoms with Gasteiger partial charge < -0.3 is 18.9 Å². The summed E-state index contributed by atoms with van der Waals surface area (Å²) in [7, 11) is 3.30. The molecule has 174 valence electrons. The third-order valence-corrected chi connectivity index (χ3v) is 5.71. The Labute approximate surface area is 199 Å². The van der Waals surface area contributed by atoms with E-state index in [1.54, 1.807) is 32.4 Å². The van der Waals surface area contributed by atoms with Gasteiger partial charge in [-0.25, -0.2) is 4.39 Å². The standard InChI is InChI=1S/C28H27FN2O3/c1-19(30-34-18-22-8-5-6-11-27(22)29)26-17-28(21-9-7-10-25(16-21)33-4)31(20(26)2)23-12-14-24(32-3)15-13-23/h5-17H,18H2,1-4H3/b30-19-. The molecule has 5 nitrogen and oxygen atoms in total. The monoisotopic (exact) mass is 458 g/mol. The first kappa shape index (κ1) is 23.1. The van der Waals surface area contributed by atoms with Crippen molar-refractivity contribution in [3.05, 3.63) is 102 Å². The highest BCUT2D eigenvalue weighted by atomic mass is 19.1. The Morgan fingerprint density at radius 2 is 1.62 bits per heavy atom. The van der Waals surface area contributed by atoms with Crippen LogP contribution in [0.25, 0.3) is 16.9 Å². The van der Waals surface area contributed by atoms with E-state index >= 15 is 0 Å². The van der Waals surface area contributed by atoms with Gasteiger partial charge in [-0.1, -0.05) is 35.5 Å². The van der Waals surface area contributed by atoms with Gasteiger partial charge in [0, 0.05) is 28.1 Å². The van der Waals surface area contributed by atoms with Gasteiger partial charge in [0.15, 0.2) is 0 Å². The molecule has 0 spiro atoms. The Morgan fingerprint density at radius 3 is 2.32 bits per heavy atom. The number of methoxy groups -OCH3 is 2. The molecule has 0 radical (unpaired) electrons. The summed E-state index contributed by atoms with van der Waals surface area (Å²) in [5.74, 6) is 1.26. The van der Waals surface area contributed by atoms with Crippen molar-refractivity contribution < 1.29 is 18.7 Å². The fourth-order valence-corrected chi connectivity index (χ4v) is 3.90. The van der Waals surface area contributed by atoms with Crippen molar-refractivity contribution in [2.45, 2.75) is 20.5 Å². The van der Waals surface area contributed by atoms with Crippen molar-refractivity contribution in [1.29, 1.82) is 0 Å². The SMILES string of the molecule is COc1ccc(-n2c(-c3cccc(OC)c3)cc(/C(C)=N\OCc3ccccc3F)c2C)cc1. The lowest BCUT2D eigenvalue weighted by Gasteiger charge is -2.13. The second-order valence-electron chi connectivity index (χ2n) is 7.84. The smallest absolute Gasteiger partial charge is 0.145 e. The zero-order chi connectivity index (χ0) is 24.1. The van der Waals surface area contributed by atoms with Crippen molar-refractivity contribution in [1.82, 2.24) is 4.57 Å². The maximum Gasteiger partial charge on any atom is 0.145 e. The molecular formula is C28H27FN2O3. The molecule has 0 aliphatic carbocycles. The van der Waals surface area contributed by atoms with E-state index in [9.17, 15) is 4.39 Å². The summed E-state index contributed by atoms with van der Waals surface area (Å²) in [6.07, 6.45) is 0. The molecule has 3 aromatic carbocycles. The van der Waals surface area contributed by atoms with Crippen LogP contribution in [0.1, 0.15) is 23.7 Å². The average molecular weight is 459 g/mol. The largest absolute Gasteiger partial charge is 0.497 e. The second-order valence-corrected chi connectivity index (χ2v) is 7.84. The van der Waals surface area contributed by atoms with E-state index < -0.39 is 0 Å². The quantitative estimate of drug-likeness (QED) is 0.222. The number of halogens is 1. The minimum Gasteiger partial charge on any atom is -0.497 e. The molecule has 0 saturated heterocycles. The van der Waals surface area contributed by atoms with Crippen LogP contribution in [-0.2, 0) is 11.4 Å². The molecule has 4 aromatic rings. The van der Waals surface area contributed by atoms with Crippen molar-refractivity contribution in [3.8, 4) is 28.4 Å². The van der Waals surface area contributed by atoms with Crippen LogP contribution in [0.2, 0.25) is 0 Å². The lowest BCUT2D eigenvalue weighted by atomic mass is 10.1. The molecule has 0 atom stereocenters. The first-order valence-electron chi connectivity index (χ1n) is 10.9. The topological polar surface area (TPSA) is 45.0 Å². The molecule has 4 rings (SSSR count). The number of ether oxygens (including phenoxy) is 2. The minimum absolute atomic E-state index is 0.0605. The van der Waals surface area contributed by atoms with Crippen LogP contribution in [0.4, 0.5) is 4.39 Å². The summed E-state index contributed by atoms with van der Waals surface area (Å²) in [6.45, 7) is 3.99. The zero-order valence-electron chi connectivity index (χ0n) is 19.7. The fraction of sp³-hybridized carbons (Fsp3) is 0.179. The van der Waals surface area contributed by atoms with Gasteiger partial charge in [0.1, 0.15) is 23.9 Å². The Hall–Kier alpha value is -4.06. The number of nitrogens with zero attached hydrogens (tertiary/aromatic N) is 2. The number of aromatic nitrogens is 1. The van der Waals surface area contributed by atoms with Gasteiger partial charge in [-0.15, -0.1) is 0 Å². The molecular weight excluding hydrogens is 431 g/mol. The maximum absolute atomic E-state index is 13.9. The molecule has 0 fully saturated rings. The molecule has 1 heterocycles. The number of rotatable bonds is 8. The Bertz CT molecular complexity index is 1310. The van der Waals surface area contributed by atoms with Gasteiger partial charge in [0.25, 0.3) is 0 Å². The Morgan fingerprint density at radius 1 is 0.882 bits per heavy atom. The molecule has 0 bridgehead atoms. The molecule has 0 unspecified atom stereocenters. The highest BCUT2D eigenvalue weighted by molar-refractivity contribution is 6.01. The lowest BCUT2D eigenvalue weighted by molar-refractivity contribution is 0.128. The molecule has 0 saturated carbocycles. The Balaban J connectivity index is 1.74. The molecule has 0 amide bonds. The molecule has 1 aromatic heterocycles. The molecule has 0 N–H and O–H groups in total. The summed E-state index contributed by atoms with van der Waals surface area (Å²) >= 11 is 0. The first-order chi connectivity index (χ1) is 16.5. The van der Waals surface area contributed by atoms with Crippen molar-refractivity contribution in [2.75, 3.05) is 14.2 Å². The lowest BCUT2D eigenvalue weighted by Crippen LogP contribution is -2.03. The van der Waals surface area contributed by atoms with Crippen molar-refractivity contribution in [2.24, 2.45) is 5.16 Å². The van der Waals surface area contributed by atoms with Gasteiger partial charge in [-0.2, -0.15) is 0 Å². The first-order valence-corrected chi connectivity index (χ1v) is 10.9. The van der Waals surface area contributed by atoms with E-state index in [4.69, 9.17) is 14.3 Å². The summed E-state index contributed by atoms with van der Waals surface area (Å²) in [6, 6.07) is 24.4. The molecule has 0 aliphatic heterocycles. The predicted molar refractivity (Wildman–Crippen MR) is 132 cm³/mol. The van der Waals surface area contributed by atoms with Gasteiger partial charge in [0.05, 0.1) is 25.6 Å². The summed E-state index contributed by atoms with van der Waals surface area (Å²) in [5.41, 5.74) is 6.07. The minimum atomic E-state index is -0.308. The number of benzene rings is 3. The number of oxime groups is 1. The van der Waals surface area contributed by atoms with E-state index in [0.717, 1.165) is 39.7 Å². The predicted octanol–water partition coefficient (Wildman–Crippen LogP) is 6.55. The summed E-state index contributed by atoms with van der Waals surface area (Å²) in [4.78, 5) is 5.50. The maximum atomic E-state index is 13.9. The van der Waals surface area contributed by atoms with Crippen LogP contribution >= 0.6 is 0 Å². The highest BCUT2D eigenvalue weighted by Gasteiger charge is 2.18. The summed E-state index contributed by atoms with van der Waals surface area (Å²) in [5, 5.41) is 4.29. The fourth-order valence-electron chi connectivity index (χ4n) is 3.90. The third-order valence-electron chi connectivity index (χ3n) is 5.71. The highest BCUT2D eigenvalue weighted by Crippen LogP contribution is 2.32. The molecule has 34 heavy (non-hydrogen) atoms. The van der Waals surface area contributed by atoms with E-state index in [2.05, 4.69) is 15.8 Å². The van der Waals surface area contributed by atoms with E-state index in [1.165, 1.54) is 6.07 Å². The van der Waals surface area contributed by atoms with Crippen molar-refractivity contribution >= 4 is 5.71 Å². The van der Waals surface area contributed by atoms with Crippen LogP contribution < -0.4 is 9.47 Å². The number of hydrogen-bond donors (Lipinski definition) is 0. The van der Waals surface area contributed by atoms with Crippen molar-refractivity contribution in [3.63, 3.8) is 0 Å². The Kier molecular flexibility index (Phi) is 6.97. The normalized spacial score (nSPS) is 11.4. The third kappa shape index (κ3) is 4.81. The van der Waals surface area contributed by atoms with Crippen LogP contribution in [0.15, 0.2) is 84.0 Å². The number of hydrogen-bond acceptors (Lipinski definition) is 4. The van der Waals surface area contributed by atoms with Crippen LogP contribution in [0.5, 0.6) is 11.5 Å². The van der Waals surface area contributed by atoms with E-state index in [-0.39, 0.29) is 12.4 Å². The molecule has 0 aliphatic rings. The van der Waals surface area contributed by atoms with Gasteiger partial charge in [-0.3, -0.25) is 0 Å². The van der Waals surface area contributed by atoms with E-state index in [1.807, 2.05) is 62.4 Å². The zero-order valence-corrected chi connectivity index (χ0v) is 19.7. The summed E-state index contributed by atoms with van der Waals surface area (Å²) < 4.78 is 26.8. The second kappa shape index (κ2) is 10.3. The van der Waals surface area contributed by atoms with Gasteiger partial charge in [0.2, 0.25) is 0 Å². The van der Waals surface area contributed by atoms with Gasteiger partial charge >= 0.3 is 0 Å². The van der Waals surface area contributed by atoms with Crippen LogP contribution in [-0.4, -0.2) is 24.5 Å².